The lowest BCUT2D eigenvalue weighted by molar-refractivity contribution is 0.382. The lowest BCUT2D eigenvalue weighted by Gasteiger charge is -2.28. The summed E-state index contributed by atoms with van der Waals surface area (Å²) >= 11 is 11.6. The maximum absolute atomic E-state index is 5.90. The molecule has 0 bridgehead atoms. The minimum Gasteiger partial charge on any atom is -0.310 e. The van der Waals surface area contributed by atoms with Crippen LogP contribution in [-0.2, 0) is 0 Å². The van der Waals surface area contributed by atoms with E-state index in [4.69, 9.17) is 23.2 Å². The van der Waals surface area contributed by atoms with Gasteiger partial charge in [0.15, 0.2) is 0 Å². The van der Waals surface area contributed by atoms with Gasteiger partial charge in [-0.05, 0) is 19.0 Å². The van der Waals surface area contributed by atoms with Crippen molar-refractivity contribution in [2.24, 2.45) is 0 Å². The number of halogens is 3. The van der Waals surface area contributed by atoms with E-state index in [2.05, 4.69) is 10.3 Å². The Hall–Kier alpha value is -0.0200. The molecule has 1 atom stereocenters. The number of nitrogens with zero attached hydrogens (tertiary/aromatic N) is 1. The summed E-state index contributed by atoms with van der Waals surface area (Å²) in [6, 6.07) is 4.07. The zero-order valence-corrected chi connectivity index (χ0v) is 9.09. The van der Waals surface area contributed by atoms with Gasteiger partial charge in [-0.1, -0.05) is 29.3 Å². The van der Waals surface area contributed by atoms with E-state index in [1.54, 1.807) is 6.07 Å². The van der Waals surface area contributed by atoms with Crippen molar-refractivity contribution in [3.63, 3.8) is 0 Å². The summed E-state index contributed by atoms with van der Waals surface area (Å²) < 4.78 is 0. The van der Waals surface area contributed by atoms with E-state index in [0.29, 0.717) is 16.3 Å². The maximum atomic E-state index is 5.90. The van der Waals surface area contributed by atoms with E-state index in [9.17, 15) is 0 Å². The molecule has 1 aromatic heterocycles. The van der Waals surface area contributed by atoms with Crippen LogP contribution in [0.5, 0.6) is 0 Å². The Morgan fingerprint density at radius 2 is 2.08 bits per heavy atom. The van der Waals surface area contributed by atoms with Crippen molar-refractivity contribution < 1.29 is 0 Å². The summed E-state index contributed by atoms with van der Waals surface area (Å²) in [5, 5.41) is 4.22. The molecule has 1 aromatic rings. The van der Waals surface area contributed by atoms with Gasteiger partial charge in [-0.15, -0.1) is 12.4 Å². The third-order valence-corrected chi connectivity index (χ3v) is 2.56. The predicted molar refractivity (Wildman–Crippen MR) is 56.9 cm³/mol. The topological polar surface area (TPSA) is 24.9 Å². The molecule has 13 heavy (non-hydrogen) atoms. The largest absolute Gasteiger partial charge is 0.310 e. The lowest BCUT2D eigenvalue weighted by atomic mass is 10.00. The van der Waals surface area contributed by atoms with Crippen molar-refractivity contribution in [3.05, 3.63) is 28.0 Å². The van der Waals surface area contributed by atoms with Crippen LogP contribution in [0.3, 0.4) is 0 Å². The molecule has 1 aliphatic heterocycles. The second-order valence-electron chi connectivity index (χ2n) is 2.81. The first kappa shape index (κ1) is 11.1. The molecule has 1 saturated heterocycles. The van der Waals surface area contributed by atoms with Gasteiger partial charge in [0.05, 0.1) is 0 Å². The first-order valence-electron chi connectivity index (χ1n) is 3.83. The quantitative estimate of drug-likeness (QED) is 0.762. The average Bonchev–Trinajstić information content (AvgIpc) is 1.91. The van der Waals surface area contributed by atoms with Crippen LogP contribution in [0.2, 0.25) is 10.3 Å². The summed E-state index contributed by atoms with van der Waals surface area (Å²) in [5.41, 5.74) is 1.05. The van der Waals surface area contributed by atoms with Crippen LogP contribution >= 0.6 is 35.6 Å². The molecule has 0 aliphatic carbocycles. The van der Waals surface area contributed by atoms with Gasteiger partial charge >= 0.3 is 0 Å². The normalized spacial score (nSPS) is 20.3. The van der Waals surface area contributed by atoms with Crippen LogP contribution in [0.25, 0.3) is 0 Å². The van der Waals surface area contributed by atoms with Crippen molar-refractivity contribution in [1.82, 2.24) is 10.3 Å². The molecule has 72 valence electrons. The van der Waals surface area contributed by atoms with Gasteiger partial charge in [-0.25, -0.2) is 4.98 Å². The molecule has 1 fully saturated rings. The molecule has 1 N–H and O–H groups in total. The summed E-state index contributed by atoms with van der Waals surface area (Å²) in [6.45, 7) is 1.06. The average molecular weight is 240 g/mol. The van der Waals surface area contributed by atoms with Crippen molar-refractivity contribution in [3.8, 4) is 0 Å². The Morgan fingerprint density at radius 3 is 2.54 bits per heavy atom. The van der Waals surface area contributed by atoms with Crippen molar-refractivity contribution in [2.75, 3.05) is 6.54 Å². The fourth-order valence-electron chi connectivity index (χ4n) is 1.24. The molecule has 0 aromatic carbocycles. The fourth-order valence-corrected chi connectivity index (χ4v) is 1.71. The first-order valence-corrected chi connectivity index (χ1v) is 4.58. The van der Waals surface area contributed by atoms with Crippen molar-refractivity contribution in [2.45, 2.75) is 12.5 Å². The summed E-state index contributed by atoms with van der Waals surface area (Å²) in [4.78, 5) is 3.97. The molecule has 0 radical (unpaired) electrons. The van der Waals surface area contributed by atoms with Crippen LogP contribution in [0.15, 0.2) is 12.1 Å². The van der Waals surface area contributed by atoms with E-state index in [-0.39, 0.29) is 12.4 Å². The molecule has 2 heterocycles. The standard InChI is InChI=1S/C8H8Cl2N2.ClH/c9-7-2-1-5(8(10)12-7)6-3-4-11-6;/h1-2,6,11H,3-4H2;1H/t6-;/m1./s1. The van der Waals surface area contributed by atoms with Gasteiger partial charge in [0.1, 0.15) is 10.3 Å². The number of nitrogens with one attached hydrogen (secondary N) is 1. The molecule has 0 unspecified atom stereocenters. The molecule has 1 aliphatic rings. The Balaban J connectivity index is 0.000000845. The minimum absolute atomic E-state index is 0. The number of hydrogen-bond acceptors (Lipinski definition) is 2. The van der Waals surface area contributed by atoms with Crippen LogP contribution < -0.4 is 5.32 Å². The minimum atomic E-state index is 0. The van der Waals surface area contributed by atoms with Crippen molar-refractivity contribution in [1.29, 1.82) is 0 Å². The molecule has 0 amide bonds. The smallest absolute Gasteiger partial charge is 0.135 e. The van der Waals surface area contributed by atoms with Crippen LogP contribution in [0.1, 0.15) is 18.0 Å². The Morgan fingerprint density at radius 1 is 1.38 bits per heavy atom. The lowest BCUT2D eigenvalue weighted by Crippen LogP contribution is -2.35. The van der Waals surface area contributed by atoms with Gasteiger partial charge in [-0.2, -0.15) is 0 Å². The summed E-state index contributed by atoms with van der Waals surface area (Å²) in [5.74, 6) is 0. The zero-order chi connectivity index (χ0) is 8.55. The van der Waals surface area contributed by atoms with Gasteiger partial charge in [0.2, 0.25) is 0 Å². The highest BCUT2D eigenvalue weighted by molar-refractivity contribution is 6.32. The molecule has 0 saturated carbocycles. The molecule has 2 nitrogen and oxygen atoms in total. The Labute approximate surface area is 93.0 Å². The highest BCUT2D eigenvalue weighted by Gasteiger charge is 2.21. The number of pyridine rings is 1. The zero-order valence-electron chi connectivity index (χ0n) is 6.76. The van der Waals surface area contributed by atoms with E-state index in [1.807, 2.05) is 6.07 Å². The molecular weight excluding hydrogens is 230 g/mol. The van der Waals surface area contributed by atoms with Gasteiger partial charge in [-0.3, -0.25) is 0 Å². The molecule has 2 rings (SSSR count). The number of hydrogen-bond donors (Lipinski definition) is 1. The van der Waals surface area contributed by atoms with Crippen LogP contribution in [0.4, 0.5) is 0 Å². The Bertz CT molecular complexity index is 299. The second-order valence-corrected chi connectivity index (χ2v) is 3.55. The SMILES string of the molecule is Cl.Clc1ccc([C@H]2CCN2)c(Cl)n1. The molecule has 5 heteroatoms. The highest BCUT2D eigenvalue weighted by atomic mass is 35.5. The van der Waals surface area contributed by atoms with Gasteiger partial charge < -0.3 is 5.32 Å². The highest BCUT2D eigenvalue weighted by Crippen LogP contribution is 2.28. The fraction of sp³-hybridized carbons (Fsp3) is 0.375. The number of rotatable bonds is 1. The van der Waals surface area contributed by atoms with Crippen LogP contribution in [0, 0.1) is 0 Å². The monoisotopic (exact) mass is 238 g/mol. The maximum Gasteiger partial charge on any atom is 0.135 e. The predicted octanol–water partition coefficient (Wildman–Crippen LogP) is 2.84. The molecule has 0 spiro atoms. The van der Waals surface area contributed by atoms with E-state index in [0.717, 1.165) is 18.5 Å². The third-order valence-electron chi connectivity index (χ3n) is 2.04. The first-order chi connectivity index (χ1) is 5.77. The van der Waals surface area contributed by atoms with E-state index >= 15 is 0 Å². The van der Waals surface area contributed by atoms with Crippen LogP contribution in [-0.4, -0.2) is 11.5 Å². The summed E-state index contributed by atoms with van der Waals surface area (Å²) in [6.07, 6.45) is 1.13. The summed E-state index contributed by atoms with van der Waals surface area (Å²) in [7, 11) is 0. The molecular formula is C8H9Cl3N2. The Kier molecular flexibility index (Phi) is 3.80. The van der Waals surface area contributed by atoms with E-state index in [1.165, 1.54) is 0 Å². The second kappa shape index (κ2) is 4.47. The third kappa shape index (κ3) is 2.26. The number of aromatic nitrogens is 1. The van der Waals surface area contributed by atoms with E-state index < -0.39 is 0 Å². The van der Waals surface area contributed by atoms with Gasteiger partial charge in [0.25, 0.3) is 0 Å². The van der Waals surface area contributed by atoms with Crippen molar-refractivity contribution >= 4 is 35.6 Å². The van der Waals surface area contributed by atoms with Gasteiger partial charge in [0, 0.05) is 11.6 Å².